The molecule has 0 aliphatic carbocycles. The van der Waals surface area contributed by atoms with Crippen LogP contribution in [0.5, 0.6) is 0 Å². The van der Waals surface area contributed by atoms with Crippen LogP contribution in [0.4, 0.5) is 5.69 Å². The van der Waals surface area contributed by atoms with E-state index in [0.29, 0.717) is 17.3 Å². The fourth-order valence-electron chi connectivity index (χ4n) is 1.46. The van der Waals surface area contributed by atoms with Crippen molar-refractivity contribution in [2.24, 2.45) is 5.41 Å². The van der Waals surface area contributed by atoms with Crippen LogP contribution in [0.3, 0.4) is 0 Å². The zero-order chi connectivity index (χ0) is 15.2. The van der Waals surface area contributed by atoms with E-state index in [4.69, 9.17) is 17.0 Å². The molecular weight excluding hydrogens is 272 g/mol. The normalized spacial score (nSPS) is 10.8. The molecule has 0 bridgehead atoms. The fraction of sp³-hybridized carbons (Fsp3) is 0.467. The summed E-state index contributed by atoms with van der Waals surface area (Å²) in [6.45, 7) is 9.31. The molecule has 0 atom stereocenters. The van der Waals surface area contributed by atoms with E-state index in [0.717, 1.165) is 12.2 Å². The molecule has 0 saturated carbocycles. The van der Waals surface area contributed by atoms with E-state index in [-0.39, 0.29) is 11.4 Å². The molecule has 0 fully saturated rings. The first-order valence-corrected chi connectivity index (χ1v) is 7.04. The van der Waals surface area contributed by atoms with Crippen LogP contribution in [0.1, 0.15) is 38.1 Å². The minimum absolute atomic E-state index is 0.151. The number of hydrogen-bond donors (Lipinski definition) is 2. The van der Waals surface area contributed by atoms with Gasteiger partial charge in [0.15, 0.2) is 5.11 Å². The maximum Gasteiger partial charge on any atom is 0.338 e. The van der Waals surface area contributed by atoms with Crippen molar-refractivity contribution in [3.8, 4) is 0 Å². The third-order valence-electron chi connectivity index (χ3n) is 2.41. The van der Waals surface area contributed by atoms with E-state index in [1.165, 1.54) is 0 Å². The minimum Gasteiger partial charge on any atom is -0.462 e. The summed E-state index contributed by atoms with van der Waals surface area (Å²) in [4.78, 5) is 11.6. The number of esters is 1. The number of carbonyl (C=O) groups excluding carboxylic acids is 1. The molecule has 0 aliphatic heterocycles. The summed E-state index contributed by atoms with van der Waals surface area (Å²) in [7, 11) is 0. The molecule has 110 valence electrons. The van der Waals surface area contributed by atoms with Gasteiger partial charge in [0.2, 0.25) is 0 Å². The maximum atomic E-state index is 11.6. The molecule has 1 aromatic rings. The van der Waals surface area contributed by atoms with Gasteiger partial charge in [-0.25, -0.2) is 4.79 Å². The van der Waals surface area contributed by atoms with Gasteiger partial charge >= 0.3 is 5.97 Å². The number of carbonyl (C=O) groups is 1. The first-order valence-electron chi connectivity index (χ1n) is 6.64. The number of anilines is 1. The SMILES string of the molecule is CCOC(=O)c1cccc(NC(=S)NCC(C)(C)C)c1. The number of benzene rings is 1. The van der Waals surface area contributed by atoms with Gasteiger partial charge in [-0.15, -0.1) is 0 Å². The Balaban J connectivity index is 2.62. The van der Waals surface area contributed by atoms with Crippen LogP contribution >= 0.6 is 12.2 Å². The smallest absolute Gasteiger partial charge is 0.338 e. The fourth-order valence-corrected chi connectivity index (χ4v) is 1.65. The molecule has 2 N–H and O–H groups in total. The summed E-state index contributed by atoms with van der Waals surface area (Å²) >= 11 is 5.23. The highest BCUT2D eigenvalue weighted by atomic mass is 32.1. The Kier molecular flexibility index (Phi) is 5.95. The van der Waals surface area contributed by atoms with Crippen molar-refractivity contribution in [2.75, 3.05) is 18.5 Å². The molecule has 0 aliphatic rings. The molecule has 0 spiro atoms. The molecule has 20 heavy (non-hydrogen) atoms. The van der Waals surface area contributed by atoms with Gasteiger partial charge in [-0.2, -0.15) is 0 Å². The molecule has 0 saturated heterocycles. The van der Waals surface area contributed by atoms with Crippen LogP contribution in [0.2, 0.25) is 0 Å². The second-order valence-electron chi connectivity index (χ2n) is 5.67. The largest absolute Gasteiger partial charge is 0.462 e. The highest BCUT2D eigenvalue weighted by Crippen LogP contribution is 2.13. The molecule has 1 rings (SSSR count). The van der Waals surface area contributed by atoms with Gasteiger partial charge in [0.1, 0.15) is 0 Å². The molecule has 0 unspecified atom stereocenters. The minimum atomic E-state index is -0.329. The number of rotatable bonds is 4. The zero-order valence-corrected chi connectivity index (χ0v) is 13.3. The molecule has 5 heteroatoms. The Morgan fingerprint density at radius 1 is 1.35 bits per heavy atom. The van der Waals surface area contributed by atoms with Crippen LogP contribution < -0.4 is 10.6 Å². The van der Waals surface area contributed by atoms with Gasteiger partial charge in [0, 0.05) is 12.2 Å². The lowest BCUT2D eigenvalue weighted by atomic mass is 9.97. The van der Waals surface area contributed by atoms with E-state index < -0.39 is 0 Å². The zero-order valence-electron chi connectivity index (χ0n) is 12.4. The van der Waals surface area contributed by atoms with E-state index >= 15 is 0 Å². The molecule has 0 heterocycles. The van der Waals surface area contributed by atoms with Crippen molar-refractivity contribution in [1.29, 1.82) is 0 Å². The van der Waals surface area contributed by atoms with E-state index in [1.807, 2.05) is 6.07 Å². The monoisotopic (exact) mass is 294 g/mol. The molecule has 0 amide bonds. The third-order valence-corrected chi connectivity index (χ3v) is 2.66. The summed E-state index contributed by atoms with van der Waals surface area (Å²) < 4.78 is 4.96. The molecule has 1 aromatic carbocycles. The second kappa shape index (κ2) is 7.24. The van der Waals surface area contributed by atoms with Crippen LogP contribution in [0.25, 0.3) is 0 Å². The molecular formula is C15H22N2O2S. The van der Waals surface area contributed by atoms with Gasteiger partial charge < -0.3 is 15.4 Å². The van der Waals surface area contributed by atoms with Gasteiger partial charge in [0.05, 0.1) is 12.2 Å². The second-order valence-corrected chi connectivity index (χ2v) is 6.08. The number of ether oxygens (including phenoxy) is 1. The molecule has 4 nitrogen and oxygen atoms in total. The van der Waals surface area contributed by atoms with E-state index in [1.54, 1.807) is 25.1 Å². The Bertz CT molecular complexity index is 481. The molecule has 0 radical (unpaired) electrons. The average molecular weight is 294 g/mol. The Morgan fingerprint density at radius 2 is 2.05 bits per heavy atom. The van der Waals surface area contributed by atoms with Gasteiger partial charge in [-0.3, -0.25) is 0 Å². The average Bonchev–Trinajstić information content (AvgIpc) is 2.36. The highest BCUT2D eigenvalue weighted by Gasteiger charge is 2.11. The summed E-state index contributed by atoms with van der Waals surface area (Å²) in [5, 5.41) is 6.76. The maximum absolute atomic E-state index is 11.6. The first kappa shape index (κ1) is 16.4. The van der Waals surface area contributed by atoms with E-state index in [9.17, 15) is 4.79 Å². The first-order chi connectivity index (χ1) is 9.31. The lowest BCUT2D eigenvalue weighted by Crippen LogP contribution is -2.35. The lowest BCUT2D eigenvalue weighted by Gasteiger charge is -2.20. The summed E-state index contributed by atoms with van der Waals surface area (Å²) in [5.74, 6) is -0.329. The van der Waals surface area contributed by atoms with Crippen molar-refractivity contribution in [3.63, 3.8) is 0 Å². The lowest BCUT2D eigenvalue weighted by molar-refractivity contribution is 0.0526. The Hall–Kier alpha value is -1.62. The topological polar surface area (TPSA) is 50.4 Å². The third kappa shape index (κ3) is 6.02. The molecule has 0 aromatic heterocycles. The van der Waals surface area contributed by atoms with Crippen molar-refractivity contribution in [1.82, 2.24) is 5.32 Å². The number of thiocarbonyl (C=S) groups is 1. The summed E-state index contributed by atoms with van der Waals surface area (Å²) in [5.41, 5.74) is 1.43. The summed E-state index contributed by atoms with van der Waals surface area (Å²) in [6, 6.07) is 7.09. The van der Waals surface area contributed by atoms with Crippen molar-refractivity contribution >= 4 is 29.0 Å². The number of nitrogens with one attached hydrogen (secondary N) is 2. The summed E-state index contributed by atoms with van der Waals surface area (Å²) in [6.07, 6.45) is 0. The quantitative estimate of drug-likeness (QED) is 0.660. The predicted molar refractivity (Wildman–Crippen MR) is 86.1 cm³/mol. The van der Waals surface area contributed by atoms with Crippen LogP contribution in [0.15, 0.2) is 24.3 Å². The Labute approximate surface area is 125 Å². The van der Waals surface area contributed by atoms with Gasteiger partial charge in [-0.05, 0) is 42.8 Å². The van der Waals surface area contributed by atoms with Crippen LogP contribution in [0, 0.1) is 5.41 Å². The van der Waals surface area contributed by atoms with Crippen molar-refractivity contribution < 1.29 is 9.53 Å². The van der Waals surface area contributed by atoms with Crippen LogP contribution in [-0.2, 0) is 4.74 Å². The van der Waals surface area contributed by atoms with E-state index in [2.05, 4.69) is 31.4 Å². The Morgan fingerprint density at radius 3 is 2.65 bits per heavy atom. The van der Waals surface area contributed by atoms with Crippen molar-refractivity contribution in [3.05, 3.63) is 29.8 Å². The number of hydrogen-bond acceptors (Lipinski definition) is 3. The standard InChI is InChI=1S/C15H22N2O2S/c1-5-19-13(18)11-7-6-8-12(9-11)17-14(20)16-10-15(2,3)4/h6-9H,5,10H2,1-4H3,(H2,16,17,20). The van der Waals surface area contributed by atoms with Crippen molar-refractivity contribution in [2.45, 2.75) is 27.7 Å². The van der Waals surface area contributed by atoms with Crippen LogP contribution in [-0.4, -0.2) is 24.2 Å². The predicted octanol–water partition coefficient (Wildman–Crippen LogP) is 3.20. The van der Waals surface area contributed by atoms with Gasteiger partial charge in [-0.1, -0.05) is 26.8 Å². The van der Waals surface area contributed by atoms with Gasteiger partial charge in [0.25, 0.3) is 0 Å². The highest BCUT2D eigenvalue weighted by molar-refractivity contribution is 7.80.